The number of hydrogen-bond acceptors (Lipinski definition) is 2. The van der Waals surface area contributed by atoms with Crippen molar-refractivity contribution >= 4 is 29.9 Å². The third-order valence-electron chi connectivity index (χ3n) is 4.02. The summed E-state index contributed by atoms with van der Waals surface area (Å²) in [7, 11) is 1.83. The number of guanidine groups is 1. The molecular weight excluding hydrogens is 365 g/mol. The van der Waals surface area contributed by atoms with E-state index in [4.69, 9.17) is 4.74 Å². The molecule has 0 atom stereocenters. The van der Waals surface area contributed by atoms with E-state index in [9.17, 15) is 0 Å². The molecule has 0 aromatic carbocycles. The van der Waals surface area contributed by atoms with Crippen molar-refractivity contribution in [3.8, 4) is 0 Å². The van der Waals surface area contributed by atoms with Crippen LogP contribution in [0.15, 0.2) is 4.99 Å². The number of nitrogens with one attached hydrogen (secondary N) is 2. The summed E-state index contributed by atoms with van der Waals surface area (Å²) in [4.78, 5) is 4.27. The van der Waals surface area contributed by atoms with Crippen LogP contribution in [0.5, 0.6) is 0 Å². The minimum Gasteiger partial charge on any atom is -0.380 e. The summed E-state index contributed by atoms with van der Waals surface area (Å²) in [5, 5.41) is 6.82. The summed E-state index contributed by atoms with van der Waals surface area (Å²) in [6.07, 6.45) is 5.20. The Labute approximate surface area is 141 Å². The van der Waals surface area contributed by atoms with E-state index in [1.54, 1.807) is 0 Å². The standard InChI is InChI=1S/C15H31N3O.HI/c1-5-19-11-10-17-15(16-4)18-14-8-6-13(7-9-14)12(2)3;/h12-14H,5-11H2,1-4H3,(H2,16,17,18);1H. The lowest BCUT2D eigenvalue weighted by molar-refractivity contribution is 0.152. The van der Waals surface area contributed by atoms with E-state index in [-0.39, 0.29) is 24.0 Å². The Balaban J connectivity index is 0.00000361. The zero-order chi connectivity index (χ0) is 14.1. The lowest BCUT2D eigenvalue weighted by atomic mass is 9.80. The van der Waals surface area contributed by atoms with E-state index < -0.39 is 0 Å². The van der Waals surface area contributed by atoms with Gasteiger partial charge in [0, 0.05) is 26.2 Å². The Bertz CT molecular complexity index is 264. The molecule has 0 amide bonds. The highest BCUT2D eigenvalue weighted by atomic mass is 127. The van der Waals surface area contributed by atoms with Crippen molar-refractivity contribution in [3.05, 3.63) is 0 Å². The van der Waals surface area contributed by atoms with Gasteiger partial charge in [-0.15, -0.1) is 24.0 Å². The van der Waals surface area contributed by atoms with Gasteiger partial charge in [0.25, 0.3) is 0 Å². The SMILES string of the molecule is CCOCCNC(=NC)NC1CCC(C(C)C)CC1.I. The van der Waals surface area contributed by atoms with E-state index in [2.05, 4.69) is 29.5 Å². The monoisotopic (exact) mass is 397 g/mol. The fourth-order valence-corrected chi connectivity index (χ4v) is 2.70. The first-order valence-corrected chi connectivity index (χ1v) is 7.72. The third kappa shape index (κ3) is 7.67. The van der Waals surface area contributed by atoms with E-state index in [0.717, 1.165) is 37.6 Å². The van der Waals surface area contributed by atoms with Crippen molar-refractivity contribution < 1.29 is 4.74 Å². The number of rotatable bonds is 6. The Hall–Kier alpha value is -0.0400. The van der Waals surface area contributed by atoms with Gasteiger partial charge in [0.15, 0.2) is 5.96 Å². The maximum Gasteiger partial charge on any atom is 0.191 e. The minimum atomic E-state index is 0. The molecule has 1 aliphatic carbocycles. The van der Waals surface area contributed by atoms with Gasteiger partial charge < -0.3 is 15.4 Å². The molecule has 0 saturated heterocycles. The van der Waals surface area contributed by atoms with Crippen molar-refractivity contribution in [1.29, 1.82) is 0 Å². The Morgan fingerprint density at radius 1 is 1.25 bits per heavy atom. The highest BCUT2D eigenvalue weighted by Gasteiger charge is 2.23. The smallest absolute Gasteiger partial charge is 0.191 e. The van der Waals surface area contributed by atoms with Crippen LogP contribution >= 0.6 is 24.0 Å². The minimum absolute atomic E-state index is 0. The van der Waals surface area contributed by atoms with Gasteiger partial charge in [-0.05, 0) is 44.4 Å². The third-order valence-corrected chi connectivity index (χ3v) is 4.02. The molecule has 4 nitrogen and oxygen atoms in total. The number of hydrogen-bond donors (Lipinski definition) is 2. The molecule has 0 radical (unpaired) electrons. The Kier molecular flexibility index (Phi) is 11.6. The molecule has 120 valence electrons. The maximum atomic E-state index is 5.31. The molecule has 0 aromatic rings. The topological polar surface area (TPSA) is 45.6 Å². The number of aliphatic imine (C=N–C) groups is 1. The second-order valence-corrected chi connectivity index (χ2v) is 5.70. The lowest BCUT2D eigenvalue weighted by Crippen LogP contribution is -2.45. The van der Waals surface area contributed by atoms with Crippen LogP contribution in [0.1, 0.15) is 46.5 Å². The normalized spacial score (nSPS) is 23.4. The first kappa shape index (κ1) is 20.0. The van der Waals surface area contributed by atoms with Gasteiger partial charge in [-0.3, -0.25) is 4.99 Å². The highest BCUT2D eigenvalue weighted by Crippen LogP contribution is 2.29. The van der Waals surface area contributed by atoms with Crippen molar-refractivity contribution in [2.24, 2.45) is 16.8 Å². The van der Waals surface area contributed by atoms with E-state index in [1.807, 2.05) is 14.0 Å². The molecule has 2 N–H and O–H groups in total. The molecule has 0 bridgehead atoms. The van der Waals surface area contributed by atoms with Crippen LogP contribution in [0.25, 0.3) is 0 Å². The van der Waals surface area contributed by atoms with Crippen LogP contribution in [-0.4, -0.2) is 38.8 Å². The molecule has 0 unspecified atom stereocenters. The van der Waals surface area contributed by atoms with Gasteiger partial charge in [0.1, 0.15) is 0 Å². The van der Waals surface area contributed by atoms with Crippen LogP contribution in [0, 0.1) is 11.8 Å². The Morgan fingerprint density at radius 2 is 1.90 bits per heavy atom. The summed E-state index contributed by atoms with van der Waals surface area (Å²) >= 11 is 0. The van der Waals surface area contributed by atoms with Gasteiger partial charge in [-0.2, -0.15) is 0 Å². The average Bonchev–Trinajstić information content (AvgIpc) is 2.42. The second kappa shape index (κ2) is 11.6. The van der Waals surface area contributed by atoms with Gasteiger partial charge in [0.05, 0.1) is 6.61 Å². The van der Waals surface area contributed by atoms with Gasteiger partial charge in [-0.1, -0.05) is 13.8 Å². The van der Waals surface area contributed by atoms with E-state index >= 15 is 0 Å². The van der Waals surface area contributed by atoms with Gasteiger partial charge in [0.2, 0.25) is 0 Å². The molecule has 0 spiro atoms. The molecule has 0 heterocycles. The first-order chi connectivity index (χ1) is 9.17. The predicted molar refractivity (Wildman–Crippen MR) is 97.0 cm³/mol. The van der Waals surface area contributed by atoms with E-state index in [1.165, 1.54) is 25.7 Å². The fourth-order valence-electron chi connectivity index (χ4n) is 2.70. The largest absolute Gasteiger partial charge is 0.380 e. The predicted octanol–water partition coefficient (Wildman–Crippen LogP) is 3.02. The summed E-state index contributed by atoms with van der Waals surface area (Å²) in [6.45, 7) is 9.01. The molecule has 1 saturated carbocycles. The van der Waals surface area contributed by atoms with Gasteiger partial charge >= 0.3 is 0 Å². The second-order valence-electron chi connectivity index (χ2n) is 5.70. The average molecular weight is 397 g/mol. The van der Waals surface area contributed by atoms with Crippen molar-refractivity contribution in [1.82, 2.24) is 10.6 Å². The lowest BCUT2D eigenvalue weighted by Gasteiger charge is -2.32. The van der Waals surface area contributed by atoms with Crippen LogP contribution in [0.4, 0.5) is 0 Å². The molecule has 0 aromatic heterocycles. The molecule has 1 aliphatic rings. The van der Waals surface area contributed by atoms with Crippen LogP contribution < -0.4 is 10.6 Å². The molecule has 1 fully saturated rings. The Morgan fingerprint density at radius 3 is 2.40 bits per heavy atom. The van der Waals surface area contributed by atoms with Crippen LogP contribution in [0.2, 0.25) is 0 Å². The van der Waals surface area contributed by atoms with E-state index in [0.29, 0.717) is 6.04 Å². The highest BCUT2D eigenvalue weighted by molar-refractivity contribution is 14.0. The zero-order valence-electron chi connectivity index (χ0n) is 13.4. The van der Waals surface area contributed by atoms with Crippen molar-refractivity contribution in [3.63, 3.8) is 0 Å². The summed E-state index contributed by atoms with van der Waals surface area (Å²) in [6, 6.07) is 0.577. The van der Waals surface area contributed by atoms with Crippen molar-refractivity contribution in [2.75, 3.05) is 26.8 Å². The number of halogens is 1. The molecule has 20 heavy (non-hydrogen) atoms. The first-order valence-electron chi connectivity index (χ1n) is 7.72. The summed E-state index contributed by atoms with van der Waals surface area (Å²) in [5.41, 5.74) is 0. The summed E-state index contributed by atoms with van der Waals surface area (Å²) < 4.78 is 5.31. The van der Waals surface area contributed by atoms with Crippen LogP contribution in [0.3, 0.4) is 0 Å². The quantitative estimate of drug-likeness (QED) is 0.314. The molecule has 5 heteroatoms. The number of nitrogens with zero attached hydrogens (tertiary/aromatic N) is 1. The molecule has 1 rings (SSSR count). The maximum absolute atomic E-state index is 5.31. The molecule has 0 aliphatic heterocycles. The number of ether oxygens (including phenoxy) is 1. The molecular formula is C15H32IN3O. The van der Waals surface area contributed by atoms with Crippen molar-refractivity contribution in [2.45, 2.75) is 52.5 Å². The summed E-state index contributed by atoms with van der Waals surface area (Å²) in [5.74, 6) is 2.64. The zero-order valence-corrected chi connectivity index (χ0v) is 15.8. The fraction of sp³-hybridized carbons (Fsp3) is 0.933. The van der Waals surface area contributed by atoms with Crippen LogP contribution in [-0.2, 0) is 4.74 Å². The van der Waals surface area contributed by atoms with Gasteiger partial charge in [-0.25, -0.2) is 0 Å².